The Morgan fingerprint density at radius 3 is 2.21 bits per heavy atom. The molecule has 4 heteroatoms. The molecule has 4 fully saturated rings. The molecule has 2 N–H and O–H groups in total. The standard InChI is InChI=1S/C15H21N3O/c1-9-17-13(16)5-14(18-9)19-15-6-10-2-11(7-15)4-12(3-10)8-15/h5,10-12H,2-4,6-8H2,1H3,(H2,16,17,18). The van der Waals surface area contributed by atoms with Crippen molar-refractivity contribution in [2.75, 3.05) is 5.73 Å². The second-order valence-corrected chi connectivity index (χ2v) is 6.88. The van der Waals surface area contributed by atoms with Crippen molar-refractivity contribution in [2.24, 2.45) is 17.8 Å². The van der Waals surface area contributed by atoms with Gasteiger partial charge in [-0.1, -0.05) is 0 Å². The lowest BCUT2D eigenvalue weighted by atomic mass is 9.54. The monoisotopic (exact) mass is 259 g/mol. The van der Waals surface area contributed by atoms with Gasteiger partial charge < -0.3 is 10.5 Å². The van der Waals surface area contributed by atoms with Crippen molar-refractivity contribution in [3.05, 3.63) is 11.9 Å². The van der Waals surface area contributed by atoms with Crippen molar-refractivity contribution < 1.29 is 4.74 Å². The lowest BCUT2D eigenvalue weighted by molar-refractivity contribution is -0.109. The van der Waals surface area contributed by atoms with E-state index in [1.54, 1.807) is 6.07 Å². The highest BCUT2D eigenvalue weighted by atomic mass is 16.5. The van der Waals surface area contributed by atoms with Gasteiger partial charge in [-0.2, -0.15) is 4.98 Å². The van der Waals surface area contributed by atoms with Gasteiger partial charge >= 0.3 is 0 Å². The molecule has 0 amide bonds. The summed E-state index contributed by atoms with van der Waals surface area (Å²) < 4.78 is 6.35. The minimum Gasteiger partial charge on any atom is -0.471 e. The molecule has 4 saturated carbocycles. The normalized spacial score (nSPS) is 39.5. The van der Waals surface area contributed by atoms with Crippen LogP contribution in [0.25, 0.3) is 0 Å². The van der Waals surface area contributed by atoms with Crippen LogP contribution in [0, 0.1) is 24.7 Å². The summed E-state index contributed by atoms with van der Waals surface area (Å²) in [4.78, 5) is 8.51. The van der Waals surface area contributed by atoms with E-state index in [9.17, 15) is 0 Å². The molecule has 0 saturated heterocycles. The number of aryl methyl sites for hydroxylation is 1. The van der Waals surface area contributed by atoms with Crippen LogP contribution in [-0.2, 0) is 0 Å². The van der Waals surface area contributed by atoms with E-state index in [0.717, 1.165) is 17.8 Å². The largest absolute Gasteiger partial charge is 0.471 e. The van der Waals surface area contributed by atoms with E-state index < -0.39 is 0 Å². The molecule has 1 aromatic heterocycles. The lowest BCUT2D eigenvalue weighted by Gasteiger charge is -2.55. The zero-order chi connectivity index (χ0) is 13.0. The zero-order valence-electron chi connectivity index (χ0n) is 11.4. The molecule has 4 bridgehead atoms. The van der Waals surface area contributed by atoms with Crippen molar-refractivity contribution in [1.82, 2.24) is 9.97 Å². The van der Waals surface area contributed by atoms with E-state index in [1.807, 2.05) is 6.92 Å². The number of rotatable bonds is 2. The minimum absolute atomic E-state index is 0.0436. The number of nitrogens with zero attached hydrogens (tertiary/aromatic N) is 2. The Morgan fingerprint density at radius 2 is 1.68 bits per heavy atom. The molecule has 19 heavy (non-hydrogen) atoms. The average molecular weight is 259 g/mol. The van der Waals surface area contributed by atoms with Crippen LogP contribution in [0.4, 0.5) is 5.82 Å². The Balaban J connectivity index is 1.62. The molecular formula is C15H21N3O. The first-order chi connectivity index (χ1) is 9.10. The van der Waals surface area contributed by atoms with E-state index >= 15 is 0 Å². The van der Waals surface area contributed by atoms with E-state index in [4.69, 9.17) is 10.5 Å². The lowest BCUT2D eigenvalue weighted by Crippen LogP contribution is -2.53. The summed E-state index contributed by atoms with van der Waals surface area (Å²) in [5.41, 5.74) is 5.84. The first-order valence-electron chi connectivity index (χ1n) is 7.40. The molecule has 0 aliphatic heterocycles. The molecule has 0 aromatic carbocycles. The number of nitrogens with two attached hydrogens (primary N) is 1. The summed E-state index contributed by atoms with van der Waals surface area (Å²) in [6.45, 7) is 1.86. The Kier molecular flexibility index (Phi) is 2.32. The number of nitrogen functional groups attached to an aromatic ring is 1. The molecule has 4 aliphatic rings. The van der Waals surface area contributed by atoms with Crippen LogP contribution in [0.5, 0.6) is 5.88 Å². The second kappa shape index (κ2) is 3.84. The van der Waals surface area contributed by atoms with Crippen molar-refractivity contribution in [1.29, 1.82) is 0 Å². The number of ether oxygens (including phenoxy) is 1. The molecule has 0 spiro atoms. The number of hydrogen-bond donors (Lipinski definition) is 1. The van der Waals surface area contributed by atoms with Gasteiger partial charge in [0.15, 0.2) is 0 Å². The number of aromatic nitrogens is 2. The van der Waals surface area contributed by atoms with Crippen LogP contribution < -0.4 is 10.5 Å². The fraction of sp³-hybridized carbons (Fsp3) is 0.733. The molecule has 1 heterocycles. The number of hydrogen-bond acceptors (Lipinski definition) is 4. The van der Waals surface area contributed by atoms with Crippen LogP contribution in [0.1, 0.15) is 44.3 Å². The third kappa shape index (κ3) is 1.97. The van der Waals surface area contributed by atoms with Gasteiger partial charge in [0.2, 0.25) is 5.88 Å². The van der Waals surface area contributed by atoms with Crippen LogP contribution in [-0.4, -0.2) is 15.6 Å². The number of anilines is 1. The van der Waals surface area contributed by atoms with E-state index in [-0.39, 0.29) is 5.60 Å². The fourth-order valence-electron chi connectivity index (χ4n) is 4.99. The van der Waals surface area contributed by atoms with Gasteiger partial charge in [-0.05, 0) is 63.2 Å². The molecule has 1 aromatic rings. The van der Waals surface area contributed by atoms with Gasteiger partial charge in [-0.25, -0.2) is 4.98 Å². The molecule has 0 atom stereocenters. The second-order valence-electron chi connectivity index (χ2n) is 6.88. The van der Waals surface area contributed by atoms with Gasteiger partial charge in [0.05, 0.1) is 0 Å². The van der Waals surface area contributed by atoms with Crippen molar-refractivity contribution in [2.45, 2.75) is 51.0 Å². The summed E-state index contributed by atoms with van der Waals surface area (Å²) in [6, 6.07) is 1.77. The highest BCUT2D eigenvalue weighted by molar-refractivity contribution is 5.33. The average Bonchev–Trinajstić information content (AvgIpc) is 2.23. The van der Waals surface area contributed by atoms with Crippen LogP contribution in [0.3, 0.4) is 0 Å². The van der Waals surface area contributed by atoms with Crippen molar-refractivity contribution >= 4 is 5.82 Å². The highest BCUT2D eigenvalue weighted by Gasteiger charge is 2.52. The zero-order valence-corrected chi connectivity index (χ0v) is 11.4. The summed E-state index contributed by atoms with van der Waals surface area (Å²) in [6.07, 6.45) is 7.90. The minimum atomic E-state index is 0.0436. The third-order valence-electron chi connectivity index (χ3n) is 5.14. The van der Waals surface area contributed by atoms with Gasteiger partial charge in [-0.3, -0.25) is 0 Å². The van der Waals surface area contributed by atoms with Gasteiger partial charge in [0.1, 0.15) is 17.2 Å². The Labute approximate surface area is 113 Å². The smallest absolute Gasteiger partial charge is 0.219 e. The highest BCUT2D eigenvalue weighted by Crippen LogP contribution is 2.56. The van der Waals surface area contributed by atoms with Crippen LogP contribution >= 0.6 is 0 Å². The van der Waals surface area contributed by atoms with Crippen molar-refractivity contribution in [3.63, 3.8) is 0 Å². The SMILES string of the molecule is Cc1nc(N)cc(OC23CC4CC(CC(C4)C2)C3)n1. The molecule has 5 rings (SSSR count). The predicted octanol–water partition coefficient (Wildman–Crippen LogP) is 2.71. The summed E-state index contributed by atoms with van der Waals surface area (Å²) in [5, 5.41) is 0. The molecule has 4 nitrogen and oxygen atoms in total. The summed E-state index contributed by atoms with van der Waals surface area (Å²) >= 11 is 0. The molecule has 4 aliphatic carbocycles. The maximum atomic E-state index is 6.35. The topological polar surface area (TPSA) is 61.0 Å². The molecule has 102 valence electrons. The van der Waals surface area contributed by atoms with E-state index in [1.165, 1.54) is 38.5 Å². The van der Waals surface area contributed by atoms with E-state index in [0.29, 0.717) is 17.5 Å². The van der Waals surface area contributed by atoms with Crippen molar-refractivity contribution in [3.8, 4) is 5.88 Å². The summed E-state index contributed by atoms with van der Waals surface area (Å²) in [5.74, 6) is 4.52. The Hall–Kier alpha value is -1.32. The predicted molar refractivity (Wildman–Crippen MR) is 72.7 cm³/mol. The molecule has 0 unspecified atom stereocenters. The quantitative estimate of drug-likeness (QED) is 0.887. The maximum Gasteiger partial charge on any atom is 0.219 e. The van der Waals surface area contributed by atoms with E-state index in [2.05, 4.69) is 9.97 Å². The fourth-order valence-corrected chi connectivity index (χ4v) is 4.99. The molecular weight excluding hydrogens is 238 g/mol. The third-order valence-corrected chi connectivity index (χ3v) is 5.14. The first kappa shape index (κ1) is 11.5. The van der Waals surface area contributed by atoms with Gasteiger partial charge in [-0.15, -0.1) is 0 Å². The summed E-state index contributed by atoms with van der Waals surface area (Å²) in [7, 11) is 0. The Bertz CT molecular complexity index is 459. The van der Waals surface area contributed by atoms with Gasteiger partial charge in [0.25, 0.3) is 0 Å². The molecule has 0 radical (unpaired) electrons. The van der Waals surface area contributed by atoms with Crippen LogP contribution in [0.2, 0.25) is 0 Å². The first-order valence-corrected chi connectivity index (χ1v) is 7.40. The van der Waals surface area contributed by atoms with Gasteiger partial charge in [0, 0.05) is 6.07 Å². The Morgan fingerprint density at radius 1 is 1.11 bits per heavy atom. The van der Waals surface area contributed by atoms with Crippen LogP contribution in [0.15, 0.2) is 6.07 Å². The maximum absolute atomic E-state index is 6.35.